The molecular weight excluding hydrogens is 280 g/mol. The number of hydrogen-bond donors (Lipinski definition) is 2. The summed E-state index contributed by atoms with van der Waals surface area (Å²) >= 11 is 0. The van der Waals surface area contributed by atoms with Gasteiger partial charge in [0.15, 0.2) is 17.2 Å². The lowest BCUT2D eigenvalue weighted by atomic mass is 10.3. The van der Waals surface area contributed by atoms with Crippen LogP contribution in [-0.2, 0) is 10.0 Å². The summed E-state index contributed by atoms with van der Waals surface area (Å²) in [6.07, 6.45) is 0. The molecule has 0 saturated heterocycles. The average molecular weight is 294 g/mol. The second kappa shape index (κ2) is 5.40. The summed E-state index contributed by atoms with van der Waals surface area (Å²) in [6, 6.07) is 11.3. The van der Waals surface area contributed by atoms with E-state index in [9.17, 15) is 8.42 Å². The van der Waals surface area contributed by atoms with Crippen LogP contribution in [0, 0.1) is 0 Å². The van der Waals surface area contributed by atoms with Crippen molar-refractivity contribution in [3.8, 4) is 17.2 Å². The molecule has 0 atom stereocenters. The lowest BCUT2D eigenvalue weighted by Crippen LogP contribution is -2.14. The maximum absolute atomic E-state index is 11.4. The number of anilines is 1. The van der Waals surface area contributed by atoms with Crippen LogP contribution in [0.5, 0.6) is 17.2 Å². The van der Waals surface area contributed by atoms with E-state index in [0.29, 0.717) is 11.5 Å². The molecule has 0 aliphatic carbocycles. The van der Waals surface area contributed by atoms with Crippen LogP contribution in [0.3, 0.4) is 0 Å². The molecule has 0 saturated carbocycles. The first-order chi connectivity index (χ1) is 9.43. The van der Waals surface area contributed by atoms with E-state index in [2.05, 4.69) is 0 Å². The third kappa shape index (κ3) is 2.84. The highest BCUT2D eigenvalue weighted by Crippen LogP contribution is 2.35. The Kier molecular flexibility index (Phi) is 3.82. The van der Waals surface area contributed by atoms with Gasteiger partial charge < -0.3 is 15.2 Å². The zero-order valence-electron chi connectivity index (χ0n) is 10.7. The van der Waals surface area contributed by atoms with Gasteiger partial charge in [0.1, 0.15) is 4.90 Å². The smallest absolute Gasteiger partial charge is 0.240 e. The standard InChI is InChI=1S/C13H14N2O4S/c1-18-9-5-2-3-6-10(9)19-11-7-4-8-12(13(11)14)20(15,16)17/h2-8H,14H2,1H3,(H2,15,16,17). The van der Waals surface area contributed by atoms with Crippen molar-refractivity contribution in [2.45, 2.75) is 4.90 Å². The highest BCUT2D eigenvalue weighted by molar-refractivity contribution is 7.89. The van der Waals surface area contributed by atoms with Crippen LogP contribution < -0.4 is 20.3 Å². The summed E-state index contributed by atoms with van der Waals surface area (Å²) in [4.78, 5) is -0.176. The van der Waals surface area contributed by atoms with Crippen LogP contribution in [0.15, 0.2) is 47.4 Å². The predicted molar refractivity (Wildman–Crippen MR) is 75.3 cm³/mol. The second-order valence-corrected chi connectivity index (χ2v) is 5.50. The van der Waals surface area contributed by atoms with Crippen molar-refractivity contribution in [2.24, 2.45) is 5.14 Å². The Morgan fingerprint density at radius 1 is 0.950 bits per heavy atom. The van der Waals surface area contributed by atoms with Crippen LogP contribution in [0.1, 0.15) is 0 Å². The second-order valence-electron chi connectivity index (χ2n) is 3.97. The van der Waals surface area contributed by atoms with E-state index in [1.165, 1.54) is 19.2 Å². The molecule has 0 radical (unpaired) electrons. The third-order valence-electron chi connectivity index (χ3n) is 2.62. The molecule has 0 unspecified atom stereocenters. The number of para-hydroxylation sites is 3. The SMILES string of the molecule is COc1ccccc1Oc1cccc(S(N)(=O)=O)c1N. The molecule has 2 rings (SSSR count). The molecule has 2 aromatic rings. The molecule has 0 heterocycles. The Hall–Kier alpha value is -2.25. The van der Waals surface area contributed by atoms with E-state index in [0.717, 1.165) is 0 Å². The Labute approximate surface area is 117 Å². The molecule has 106 valence electrons. The minimum Gasteiger partial charge on any atom is -0.493 e. The fraction of sp³-hybridized carbons (Fsp3) is 0.0769. The number of nitrogen functional groups attached to an aromatic ring is 1. The first-order valence-electron chi connectivity index (χ1n) is 5.65. The van der Waals surface area contributed by atoms with Crippen LogP contribution >= 0.6 is 0 Å². The van der Waals surface area contributed by atoms with Gasteiger partial charge in [-0.25, -0.2) is 13.6 Å². The van der Waals surface area contributed by atoms with E-state index < -0.39 is 10.0 Å². The molecule has 7 heteroatoms. The molecule has 6 nitrogen and oxygen atoms in total. The van der Waals surface area contributed by atoms with Crippen molar-refractivity contribution in [1.29, 1.82) is 0 Å². The number of sulfonamides is 1. The molecule has 0 amide bonds. The number of nitrogens with two attached hydrogens (primary N) is 2. The van der Waals surface area contributed by atoms with Crippen molar-refractivity contribution >= 4 is 15.7 Å². The Bertz CT molecular complexity index is 729. The quantitative estimate of drug-likeness (QED) is 0.835. The van der Waals surface area contributed by atoms with Gasteiger partial charge in [0, 0.05) is 0 Å². The highest BCUT2D eigenvalue weighted by Gasteiger charge is 2.16. The molecule has 20 heavy (non-hydrogen) atoms. The van der Waals surface area contributed by atoms with E-state index in [-0.39, 0.29) is 16.3 Å². The summed E-state index contributed by atoms with van der Waals surface area (Å²) < 4.78 is 33.5. The minimum atomic E-state index is -3.90. The molecule has 0 aromatic heterocycles. The summed E-state index contributed by atoms with van der Waals surface area (Å²) in [5.74, 6) is 1.13. The van der Waals surface area contributed by atoms with E-state index in [1.54, 1.807) is 30.3 Å². The molecule has 2 aromatic carbocycles. The van der Waals surface area contributed by atoms with Crippen LogP contribution in [0.2, 0.25) is 0 Å². The Morgan fingerprint density at radius 3 is 2.15 bits per heavy atom. The van der Waals surface area contributed by atoms with Crippen molar-refractivity contribution in [3.05, 3.63) is 42.5 Å². The van der Waals surface area contributed by atoms with Gasteiger partial charge in [-0.05, 0) is 24.3 Å². The highest BCUT2D eigenvalue weighted by atomic mass is 32.2. The fourth-order valence-electron chi connectivity index (χ4n) is 1.68. The topological polar surface area (TPSA) is 105 Å². The number of hydrogen-bond acceptors (Lipinski definition) is 5. The summed E-state index contributed by atoms with van der Waals surface area (Å²) in [6.45, 7) is 0. The zero-order valence-corrected chi connectivity index (χ0v) is 11.6. The fourth-order valence-corrected chi connectivity index (χ4v) is 2.36. The van der Waals surface area contributed by atoms with Gasteiger partial charge in [0.2, 0.25) is 10.0 Å². The first kappa shape index (κ1) is 14.2. The lowest BCUT2D eigenvalue weighted by molar-refractivity contribution is 0.379. The maximum Gasteiger partial charge on any atom is 0.240 e. The minimum absolute atomic E-state index is 0.0408. The molecule has 0 spiro atoms. The van der Waals surface area contributed by atoms with Gasteiger partial charge in [-0.3, -0.25) is 0 Å². The average Bonchev–Trinajstić information content (AvgIpc) is 2.40. The van der Waals surface area contributed by atoms with Gasteiger partial charge in [0.05, 0.1) is 12.8 Å². The predicted octanol–water partition coefficient (Wildman–Crippen LogP) is 1.72. The lowest BCUT2D eigenvalue weighted by Gasteiger charge is -2.13. The monoisotopic (exact) mass is 294 g/mol. The summed E-state index contributed by atoms with van der Waals surface area (Å²) in [5, 5.41) is 5.09. The maximum atomic E-state index is 11.4. The van der Waals surface area contributed by atoms with Crippen molar-refractivity contribution < 1.29 is 17.9 Å². The van der Waals surface area contributed by atoms with Crippen LogP contribution in [-0.4, -0.2) is 15.5 Å². The number of rotatable bonds is 4. The van der Waals surface area contributed by atoms with E-state index in [1.807, 2.05) is 0 Å². The van der Waals surface area contributed by atoms with Crippen LogP contribution in [0.25, 0.3) is 0 Å². The Balaban J connectivity index is 2.45. The largest absolute Gasteiger partial charge is 0.493 e. The van der Waals surface area contributed by atoms with Crippen LogP contribution in [0.4, 0.5) is 5.69 Å². The molecular formula is C13H14N2O4S. The number of ether oxygens (including phenoxy) is 2. The molecule has 0 fully saturated rings. The van der Waals surface area contributed by atoms with Crippen molar-refractivity contribution in [3.63, 3.8) is 0 Å². The van der Waals surface area contributed by atoms with Crippen molar-refractivity contribution in [2.75, 3.05) is 12.8 Å². The van der Waals surface area contributed by atoms with Gasteiger partial charge in [-0.15, -0.1) is 0 Å². The molecule has 4 N–H and O–H groups in total. The molecule has 0 aliphatic rings. The van der Waals surface area contributed by atoms with Crippen molar-refractivity contribution in [1.82, 2.24) is 0 Å². The zero-order chi connectivity index (χ0) is 14.8. The number of primary sulfonamides is 1. The number of benzene rings is 2. The Morgan fingerprint density at radius 2 is 1.55 bits per heavy atom. The normalized spacial score (nSPS) is 11.1. The molecule has 0 bridgehead atoms. The van der Waals surface area contributed by atoms with Gasteiger partial charge in [0.25, 0.3) is 0 Å². The summed E-state index contributed by atoms with van der Waals surface area (Å²) in [5.41, 5.74) is 5.74. The van der Waals surface area contributed by atoms with Gasteiger partial charge in [-0.2, -0.15) is 0 Å². The van der Waals surface area contributed by atoms with Gasteiger partial charge >= 0.3 is 0 Å². The number of methoxy groups -OCH3 is 1. The van der Waals surface area contributed by atoms with Gasteiger partial charge in [-0.1, -0.05) is 18.2 Å². The molecule has 0 aliphatic heterocycles. The summed E-state index contributed by atoms with van der Waals surface area (Å²) in [7, 11) is -2.39. The third-order valence-corrected chi connectivity index (χ3v) is 3.59. The van der Waals surface area contributed by atoms with E-state index >= 15 is 0 Å². The first-order valence-corrected chi connectivity index (χ1v) is 7.20. The van der Waals surface area contributed by atoms with E-state index in [4.69, 9.17) is 20.3 Å².